The van der Waals surface area contributed by atoms with Crippen molar-refractivity contribution in [3.05, 3.63) is 47.3 Å². The molecule has 0 bridgehead atoms. The van der Waals surface area contributed by atoms with Gasteiger partial charge in [-0.3, -0.25) is 9.59 Å². The van der Waals surface area contributed by atoms with E-state index in [0.717, 1.165) is 25.1 Å². The van der Waals surface area contributed by atoms with E-state index in [1.807, 2.05) is 0 Å². The van der Waals surface area contributed by atoms with Crippen LogP contribution >= 0.6 is 0 Å². The molecule has 1 saturated heterocycles. The van der Waals surface area contributed by atoms with Crippen LogP contribution in [-0.4, -0.2) is 62.3 Å². The van der Waals surface area contributed by atoms with E-state index in [1.54, 1.807) is 0 Å². The number of rotatable bonds is 4. The van der Waals surface area contributed by atoms with Gasteiger partial charge >= 0.3 is 6.18 Å². The van der Waals surface area contributed by atoms with Gasteiger partial charge in [0, 0.05) is 18.2 Å². The van der Waals surface area contributed by atoms with Crippen LogP contribution < -0.4 is 11.1 Å². The predicted octanol–water partition coefficient (Wildman–Crippen LogP) is 3.30. The Balaban J connectivity index is 1.70. The summed E-state index contributed by atoms with van der Waals surface area (Å²) in [7, 11) is 0. The molecule has 2 amide bonds. The van der Waals surface area contributed by atoms with Gasteiger partial charge in [0.15, 0.2) is 11.5 Å². The second kappa shape index (κ2) is 8.88. The number of benzene rings is 1. The van der Waals surface area contributed by atoms with Gasteiger partial charge in [-0.05, 0) is 26.0 Å². The maximum atomic E-state index is 14.8. The maximum Gasteiger partial charge on any atom is 0.418 e. The third-order valence-corrected chi connectivity index (χ3v) is 5.83. The first-order chi connectivity index (χ1) is 17.1. The Morgan fingerprint density at radius 2 is 1.76 bits per heavy atom. The van der Waals surface area contributed by atoms with E-state index >= 15 is 0 Å². The maximum absolute atomic E-state index is 14.8. The molecule has 2 atom stereocenters. The second-order valence-corrected chi connectivity index (χ2v) is 8.94. The number of fused-ring (bicyclic) bond motifs is 1. The van der Waals surface area contributed by atoms with Crippen LogP contribution in [0.1, 0.15) is 29.8 Å². The van der Waals surface area contributed by atoms with Crippen molar-refractivity contribution in [2.24, 2.45) is 0 Å². The van der Waals surface area contributed by atoms with Crippen molar-refractivity contribution in [3.63, 3.8) is 0 Å². The number of carbonyl (C=O) groups is 2. The minimum atomic E-state index is -4.94. The standard InChI is InChI=1S/C22H19F7N6O2/c1-21(2,26)20(37)34-6-14(25)15(7-34)33-19(36)10-3-9(12(23)5-13(10)24)16-4-11(22(27,28)29)17-18(30)31-8-32-35(16)17/h3-5,8,14-15H,6-7H2,1-2H3,(H,33,36)(H2,30,31,32)/t14-,15+/m0/s1. The molecule has 1 fully saturated rings. The highest BCUT2D eigenvalue weighted by Gasteiger charge is 2.42. The average molecular weight is 532 g/mol. The van der Waals surface area contributed by atoms with Crippen LogP contribution in [0.2, 0.25) is 0 Å². The zero-order chi connectivity index (χ0) is 27.4. The van der Waals surface area contributed by atoms with Crippen molar-refractivity contribution in [2.75, 3.05) is 18.8 Å². The number of halogens is 7. The minimum Gasteiger partial charge on any atom is -0.382 e. The van der Waals surface area contributed by atoms with Crippen LogP contribution in [0.25, 0.3) is 16.8 Å². The molecule has 0 radical (unpaired) electrons. The number of nitrogens with one attached hydrogen (secondary N) is 1. The van der Waals surface area contributed by atoms with Gasteiger partial charge in [0.1, 0.15) is 29.7 Å². The molecule has 0 saturated carbocycles. The van der Waals surface area contributed by atoms with Crippen LogP contribution in [0.3, 0.4) is 0 Å². The van der Waals surface area contributed by atoms with Crippen molar-refractivity contribution in [1.82, 2.24) is 24.8 Å². The zero-order valence-corrected chi connectivity index (χ0v) is 19.2. The van der Waals surface area contributed by atoms with Crippen molar-refractivity contribution >= 4 is 23.1 Å². The quantitative estimate of drug-likeness (QED) is 0.502. The molecule has 3 heterocycles. The molecule has 8 nitrogen and oxygen atoms in total. The number of likely N-dealkylation sites (tertiary alicyclic amines) is 1. The van der Waals surface area contributed by atoms with Crippen LogP contribution in [0, 0.1) is 11.6 Å². The molecular formula is C22H19F7N6O2. The largest absolute Gasteiger partial charge is 0.418 e. The molecule has 1 aliphatic heterocycles. The van der Waals surface area contributed by atoms with Crippen molar-refractivity contribution in [3.8, 4) is 11.3 Å². The van der Waals surface area contributed by atoms with Gasteiger partial charge in [-0.1, -0.05) is 0 Å². The summed E-state index contributed by atoms with van der Waals surface area (Å²) in [6.07, 6.45) is -5.93. The molecule has 3 aromatic rings. The molecule has 2 aromatic heterocycles. The number of nitrogens with two attached hydrogens (primary N) is 1. The number of hydrogen-bond donors (Lipinski definition) is 2. The topological polar surface area (TPSA) is 106 Å². The Hall–Kier alpha value is -3.91. The van der Waals surface area contributed by atoms with Gasteiger partial charge in [-0.2, -0.15) is 18.3 Å². The predicted molar refractivity (Wildman–Crippen MR) is 116 cm³/mol. The Labute approximate surface area is 204 Å². The molecule has 37 heavy (non-hydrogen) atoms. The fourth-order valence-electron chi connectivity index (χ4n) is 4.08. The summed E-state index contributed by atoms with van der Waals surface area (Å²) >= 11 is 0. The minimum absolute atomic E-state index is 0.282. The van der Waals surface area contributed by atoms with Crippen LogP contribution in [-0.2, 0) is 11.0 Å². The fraction of sp³-hybridized carbons (Fsp3) is 0.364. The number of hydrogen-bond acceptors (Lipinski definition) is 5. The lowest BCUT2D eigenvalue weighted by molar-refractivity contribution is -0.141. The lowest BCUT2D eigenvalue weighted by atomic mass is 10.0. The van der Waals surface area contributed by atoms with Crippen molar-refractivity contribution in [1.29, 1.82) is 0 Å². The Bertz CT molecular complexity index is 1400. The first kappa shape index (κ1) is 26.2. The van der Waals surface area contributed by atoms with E-state index < -0.39 is 94.3 Å². The van der Waals surface area contributed by atoms with Gasteiger partial charge < -0.3 is 16.0 Å². The first-order valence-corrected chi connectivity index (χ1v) is 10.7. The molecule has 1 aliphatic rings. The molecule has 0 unspecified atom stereocenters. The van der Waals surface area contributed by atoms with E-state index in [0.29, 0.717) is 16.6 Å². The number of anilines is 1. The van der Waals surface area contributed by atoms with Gasteiger partial charge in [0.25, 0.3) is 11.8 Å². The lowest BCUT2D eigenvalue weighted by Crippen LogP contribution is -2.44. The summed E-state index contributed by atoms with van der Waals surface area (Å²) in [5, 5.41) is 5.85. The monoisotopic (exact) mass is 532 g/mol. The van der Waals surface area contributed by atoms with Gasteiger partial charge in [0.2, 0.25) is 0 Å². The summed E-state index contributed by atoms with van der Waals surface area (Å²) in [5.41, 5.74) is -0.636. The van der Waals surface area contributed by atoms with Gasteiger partial charge in [-0.15, -0.1) is 0 Å². The van der Waals surface area contributed by atoms with E-state index in [-0.39, 0.29) is 6.07 Å². The molecule has 198 valence electrons. The van der Waals surface area contributed by atoms with E-state index in [9.17, 15) is 40.3 Å². The van der Waals surface area contributed by atoms with Crippen LogP contribution in [0.5, 0.6) is 0 Å². The highest BCUT2D eigenvalue weighted by atomic mass is 19.4. The molecule has 15 heteroatoms. The third kappa shape index (κ3) is 4.76. The fourth-order valence-corrected chi connectivity index (χ4v) is 4.08. The van der Waals surface area contributed by atoms with Crippen molar-refractivity contribution < 1.29 is 40.3 Å². The highest BCUT2D eigenvalue weighted by Crippen LogP contribution is 2.39. The van der Waals surface area contributed by atoms with Crippen LogP contribution in [0.15, 0.2) is 24.5 Å². The number of nitrogens with zero attached hydrogens (tertiary/aromatic N) is 4. The molecule has 0 aliphatic carbocycles. The third-order valence-electron chi connectivity index (χ3n) is 5.83. The molecular weight excluding hydrogens is 513 g/mol. The number of carbonyl (C=O) groups excluding carboxylic acids is 2. The second-order valence-electron chi connectivity index (χ2n) is 8.94. The highest BCUT2D eigenvalue weighted by molar-refractivity contribution is 5.96. The number of nitrogen functional groups attached to an aromatic ring is 1. The Kier molecular flexibility index (Phi) is 6.28. The summed E-state index contributed by atoms with van der Waals surface area (Å²) in [6, 6.07) is 0.112. The van der Waals surface area contributed by atoms with Crippen molar-refractivity contribution in [2.45, 2.75) is 37.9 Å². The average Bonchev–Trinajstić information content (AvgIpc) is 3.34. The van der Waals surface area contributed by atoms with Crippen LogP contribution in [0.4, 0.5) is 36.6 Å². The summed E-state index contributed by atoms with van der Waals surface area (Å²) < 4.78 is 99.2. The molecule has 4 rings (SSSR count). The molecule has 3 N–H and O–H groups in total. The van der Waals surface area contributed by atoms with E-state index in [4.69, 9.17) is 5.73 Å². The Morgan fingerprint density at radius 1 is 1.08 bits per heavy atom. The first-order valence-electron chi connectivity index (χ1n) is 10.7. The summed E-state index contributed by atoms with van der Waals surface area (Å²) in [6.45, 7) is 1.03. The van der Waals surface area contributed by atoms with Gasteiger partial charge in [-0.25, -0.2) is 27.1 Å². The summed E-state index contributed by atoms with van der Waals surface area (Å²) in [5.74, 6) is -5.49. The van der Waals surface area contributed by atoms with E-state index in [1.165, 1.54) is 0 Å². The number of amides is 2. The van der Waals surface area contributed by atoms with Gasteiger partial charge in [0.05, 0.1) is 29.4 Å². The Morgan fingerprint density at radius 3 is 2.38 bits per heavy atom. The van der Waals surface area contributed by atoms with E-state index in [2.05, 4.69) is 15.4 Å². The SMILES string of the molecule is CC(C)(F)C(=O)N1C[C@H](F)[C@H](NC(=O)c2cc(-c3cc(C(F)(F)F)c4c(N)ncnn34)c(F)cc2F)C1. The number of alkyl halides is 5. The zero-order valence-electron chi connectivity index (χ0n) is 19.2. The lowest BCUT2D eigenvalue weighted by Gasteiger charge is -2.22. The molecule has 1 aromatic carbocycles. The molecule has 0 spiro atoms. The summed E-state index contributed by atoms with van der Waals surface area (Å²) in [4.78, 5) is 29.2. The number of aromatic nitrogens is 3. The smallest absolute Gasteiger partial charge is 0.382 e. The normalized spacial score (nSPS) is 18.5.